The van der Waals surface area contributed by atoms with Crippen LogP contribution >= 0.6 is 0 Å². The number of pyridine rings is 1. The van der Waals surface area contributed by atoms with Gasteiger partial charge in [-0.1, -0.05) is 0 Å². The van der Waals surface area contributed by atoms with Crippen molar-refractivity contribution in [3.63, 3.8) is 0 Å². The Bertz CT molecular complexity index is 730. The summed E-state index contributed by atoms with van der Waals surface area (Å²) in [6.07, 6.45) is 1.90. The van der Waals surface area contributed by atoms with Gasteiger partial charge in [-0.05, 0) is 29.8 Å². The van der Waals surface area contributed by atoms with E-state index in [0.717, 1.165) is 43.4 Å². The number of ether oxygens (including phenoxy) is 4. The predicted octanol–water partition coefficient (Wildman–Crippen LogP) is 2.27. The van der Waals surface area contributed by atoms with E-state index in [1.165, 1.54) is 0 Å². The molecule has 1 aromatic heterocycles. The summed E-state index contributed by atoms with van der Waals surface area (Å²) < 4.78 is 21.6. The molecule has 1 saturated heterocycles. The second-order valence-electron chi connectivity index (χ2n) is 5.89. The lowest BCUT2D eigenvalue weighted by Gasteiger charge is -2.28. The van der Waals surface area contributed by atoms with Gasteiger partial charge in [0.15, 0.2) is 11.5 Å². The van der Waals surface area contributed by atoms with E-state index in [4.69, 9.17) is 18.9 Å². The molecule has 1 N–H and O–H groups in total. The summed E-state index contributed by atoms with van der Waals surface area (Å²) in [4.78, 5) is 6.78. The highest BCUT2D eigenvalue weighted by Gasteiger charge is 2.20. The number of nitrogens with zero attached hydrogens (tertiary/aromatic N) is 2. The van der Waals surface area contributed by atoms with Gasteiger partial charge < -0.3 is 29.2 Å². The number of fused-ring (bicyclic) bond motifs is 1. The van der Waals surface area contributed by atoms with Crippen molar-refractivity contribution < 1.29 is 18.9 Å². The molecule has 0 saturated carbocycles. The standard InChI is InChI=1S/C18H21N3O4/c1-22-15-8-13(9-16-18(15)25-12-24-16)10-19-17-3-2-14(11-20-17)21-4-6-23-7-5-21/h2-3,8-9,11H,4-7,10,12H2,1H3,(H,19,20). The second kappa shape index (κ2) is 7.06. The number of anilines is 2. The first-order valence-corrected chi connectivity index (χ1v) is 8.32. The van der Waals surface area contributed by atoms with Crippen LogP contribution in [0.15, 0.2) is 30.5 Å². The molecule has 132 valence electrons. The number of benzene rings is 1. The van der Waals surface area contributed by atoms with Gasteiger partial charge in [-0.2, -0.15) is 0 Å². The molecule has 0 radical (unpaired) electrons. The molecule has 2 aliphatic heterocycles. The molecule has 1 aromatic carbocycles. The molecule has 0 spiro atoms. The van der Waals surface area contributed by atoms with Crippen LogP contribution in [0.25, 0.3) is 0 Å². The fraction of sp³-hybridized carbons (Fsp3) is 0.389. The van der Waals surface area contributed by atoms with Crippen molar-refractivity contribution in [3.05, 3.63) is 36.0 Å². The molecule has 2 aliphatic rings. The average Bonchev–Trinajstić information content (AvgIpc) is 3.15. The highest BCUT2D eigenvalue weighted by molar-refractivity contribution is 5.56. The Morgan fingerprint density at radius 1 is 1.20 bits per heavy atom. The maximum Gasteiger partial charge on any atom is 0.231 e. The van der Waals surface area contributed by atoms with Gasteiger partial charge in [-0.15, -0.1) is 0 Å². The number of nitrogens with one attached hydrogen (secondary N) is 1. The highest BCUT2D eigenvalue weighted by Crippen LogP contribution is 2.41. The Balaban J connectivity index is 1.41. The summed E-state index contributed by atoms with van der Waals surface area (Å²) in [6.45, 7) is 4.21. The molecule has 4 rings (SSSR count). The Hall–Kier alpha value is -2.67. The van der Waals surface area contributed by atoms with Crippen LogP contribution in [0.3, 0.4) is 0 Å². The fourth-order valence-corrected chi connectivity index (χ4v) is 2.98. The van der Waals surface area contributed by atoms with Gasteiger partial charge in [-0.25, -0.2) is 4.98 Å². The minimum Gasteiger partial charge on any atom is -0.493 e. The van der Waals surface area contributed by atoms with Crippen molar-refractivity contribution >= 4 is 11.5 Å². The topological polar surface area (TPSA) is 65.1 Å². The van der Waals surface area contributed by atoms with E-state index in [1.54, 1.807) is 7.11 Å². The van der Waals surface area contributed by atoms with Crippen molar-refractivity contribution in [3.8, 4) is 17.2 Å². The third kappa shape index (κ3) is 3.41. The van der Waals surface area contributed by atoms with Crippen molar-refractivity contribution in [1.29, 1.82) is 0 Å². The highest BCUT2D eigenvalue weighted by atomic mass is 16.7. The van der Waals surface area contributed by atoms with Crippen LogP contribution in [0.5, 0.6) is 17.2 Å². The number of methoxy groups -OCH3 is 1. The number of hydrogen-bond donors (Lipinski definition) is 1. The van der Waals surface area contributed by atoms with Crippen LogP contribution < -0.4 is 24.4 Å². The molecule has 0 atom stereocenters. The first kappa shape index (κ1) is 15.8. The molecule has 7 heteroatoms. The number of aromatic nitrogens is 1. The zero-order valence-corrected chi connectivity index (χ0v) is 14.2. The largest absolute Gasteiger partial charge is 0.493 e. The van der Waals surface area contributed by atoms with Gasteiger partial charge in [-0.3, -0.25) is 0 Å². The van der Waals surface area contributed by atoms with Gasteiger partial charge in [0.25, 0.3) is 0 Å². The van der Waals surface area contributed by atoms with E-state index in [1.807, 2.05) is 24.4 Å². The van der Waals surface area contributed by atoms with E-state index in [2.05, 4.69) is 21.3 Å². The van der Waals surface area contributed by atoms with Crippen LogP contribution in [-0.2, 0) is 11.3 Å². The van der Waals surface area contributed by atoms with Crippen LogP contribution in [-0.4, -0.2) is 45.2 Å². The zero-order chi connectivity index (χ0) is 17.1. The Kier molecular flexibility index (Phi) is 4.47. The summed E-state index contributed by atoms with van der Waals surface area (Å²) in [5.41, 5.74) is 2.17. The summed E-state index contributed by atoms with van der Waals surface area (Å²) >= 11 is 0. The van der Waals surface area contributed by atoms with Gasteiger partial charge in [0.05, 0.1) is 32.2 Å². The number of hydrogen-bond acceptors (Lipinski definition) is 7. The van der Waals surface area contributed by atoms with E-state index in [-0.39, 0.29) is 6.79 Å². The monoisotopic (exact) mass is 343 g/mol. The lowest BCUT2D eigenvalue weighted by atomic mass is 10.2. The molecule has 2 aromatic rings. The van der Waals surface area contributed by atoms with Gasteiger partial charge in [0.2, 0.25) is 12.5 Å². The van der Waals surface area contributed by atoms with Crippen molar-refractivity contribution in [2.24, 2.45) is 0 Å². The maximum absolute atomic E-state index is 5.46. The Labute approximate surface area is 146 Å². The van der Waals surface area contributed by atoms with Gasteiger partial charge in [0.1, 0.15) is 5.82 Å². The van der Waals surface area contributed by atoms with Crippen molar-refractivity contribution in [2.45, 2.75) is 6.54 Å². The van der Waals surface area contributed by atoms with E-state index in [0.29, 0.717) is 23.8 Å². The van der Waals surface area contributed by atoms with Crippen molar-refractivity contribution in [1.82, 2.24) is 4.98 Å². The van der Waals surface area contributed by atoms with Gasteiger partial charge >= 0.3 is 0 Å². The molecular formula is C18H21N3O4. The van der Waals surface area contributed by atoms with Crippen molar-refractivity contribution in [2.75, 3.05) is 50.4 Å². The fourth-order valence-electron chi connectivity index (χ4n) is 2.98. The smallest absolute Gasteiger partial charge is 0.231 e. The quantitative estimate of drug-likeness (QED) is 0.893. The maximum atomic E-state index is 5.46. The van der Waals surface area contributed by atoms with Crippen LogP contribution in [0.1, 0.15) is 5.56 Å². The molecule has 0 aliphatic carbocycles. The number of morpholine rings is 1. The molecule has 3 heterocycles. The summed E-state index contributed by atoms with van der Waals surface area (Å²) in [6, 6.07) is 7.98. The van der Waals surface area contributed by atoms with E-state index in [9.17, 15) is 0 Å². The minimum absolute atomic E-state index is 0.229. The summed E-state index contributed by atoms with van der Waals surface area (Å²) in [5.74, 6) is 2.89. The van der Waals surface area contributed by atoms with E-state index < -0.39 is 0 Å². The summed E-state index contributed by atoms with van der Waals surface area (Å²) in [5, 5.41) is 3.33. The lowest BCUT2D eigenvalue weighted by Crippen LogP contribution is -2.36. The molecule has 0 unspecified atom stereocenters. The normalized spacial score (nSPS) is 16.0. The average molecular weight is 343 g/mol. The first-order chi connectivity index (χ1) is 12.3. The Morgan fingerprint density at radius 3 is 2.84 bits per heavy atom. The molecule has 7 nitrogen and oxygen atoms in total. The van der Waals surface area contributed by atoms with Crippen LogP contribution in [0.4, 0.5) is 11.5 Å². The molecule has 25 heavy (non-hydrogen) atoms. The SMILES string of the molecule is COc1cc(CNc2ccc(N3CCOCC3)cn2)cc2c1OCO2. The lowest BCUT2D eigenvalue weighted by molar-refractivity contribution is 0.122. The molecular weight excluding hydrogens is 322 g/mol. The van der Waals surface area contributed by atoms with E-state index >= 15 is 0 Å². The molecule has 0 amide bonds. The minimum atomic E-state index is 0.229. The third-order valence-corrected chi connectivity index (χ3v) is 4.32. The predicted molar refractivity (Wildman–Crippen MR) is 93.7 cm³/mol. The van der Waals surface area contributed by atoms with Gasteiger partial charge in [0, 0.05) is 19.6 Å². The Morgan fingerprint density at radius 2 is 2.08 bits per heavy atom. The third-order valence-electron chi connectivity index (χ3n) is 4.32. The molecule has 0 bridgehead atoms. The van der Waals surface area contributed by atoms with Crippen LogP contribution in [0.2, 0.25) is 0 Å². The number of rotatable bonds is 5. The molecule has 1 fully saturated rings. The first-order valence-electron chi connectivity index (χ1n) is 8.32. The zero-order valence-electron chi connectivity index (χ0n) is 14.2. The van der Waals surface area contributed by atoms with Crippen LogP contribution in [0, 0.1) is 0 Å². The second-order valence-corrected chi connectivity index (χ2v) is 5.89. The summed E-state index contributed by atoms with van der Waals surface area (Å²) in [7, 11) is 1.63.